The maximum absolute atomic E-state index is 13.3. The predicted molar refractivity (Wildman–Crippen MR) is 150 cm³/mol. The summed E-state index contributed by atoms with van der Waals surface area (Å²) in [6.07, 6.45) is 13.9. The molecule has 1 spiro atoms. The van der Waals surface area contributed by atoms with E-state index in [0.717, 1.165) is 24.9 Å². The maximum Gasteiger partial charge on any atom is 0.259 e. The molecule has 12 heteroatoms. The van der Waals surface area contributed by atoms with Gasteiger partial charge < -0.3 is 21.1 Å². The Balaban J connectivity index is 1.26. The molecule has 210 valence electrons. The van der Waals surface area contributed by atoms with Gasteiger partial charge in [-0.05, 0) is 51.6 Å². The number of amides is 2. The molecule has 2 fully saturated rings. The summed E-state index contributed by atoms with van der Waals surface area (Å²) in [6.45, 7) is 4.24. The second kappa shape index (κ2) is 11.4. The number of aryl methyl sites for hydroxylation is 2. The third kappa shape index (κ3) is 5.39. The van der Waals surface area contributed by atoms with Crippen molar-refractivity contribution in [3.8, 4) is 17.1 Å². The van der Waals surface area contributed by atoms with Gasteiger partial charge in [-0.25, -0.2) is 9.97 Å². The Labute approximate surface area is 233 Å². The lowest BCUT2D eigenvalue weighted by Crippen LogP contribution is -2.51. The second-order valence-electron chi connectivity index (χ2n) is 10.3. The van der Waals surface area contributed by atoms with Crippen molar-refractivity contribution in [3.63, 3.8) is 0 Å². The summed E-state index contributed by atoms with van der Waals surface area (Å²) in [5, 5.41) is 9.96. The predicted octanol–water partition coefficient (Wildman–Crippen LogP) is 2.28. The van der Waals surface area contributed by atoms with Crippen LogP contribution in [-0.4, -0.2) is 73.7 Å². The van der Waals surface area contributed by atoms with Crippen molar-refractivity contribution in [2.75, 3.05) is 32.1 Å². The summed E-state index contributed by atoms with van der Waals surface area (Å²) >= 11 is 0. The number of carbonyl (C=O) groups is 2. The van der Waals surface area contributed by atoms with Gasteiger partial charge in [-0.1, -0.05) is 0 Å². The molecule has 2 aliphatic rings. The first-order chi connectivity index (χ1) is 19.3. The number of nitrogens with two attached hydrogens (primary N) is 1. The van der Waals surface area contributed by atoms with Gasteiger partial charge in [0.05, 0.1) is 47.7 Å². The van der Waals surface area contributed by atoms with Crippen LogP contribution in [0.2, 0.25) is 0 Å². The number of likely N-dealkylation sites (tertiary alicyclic amines) is 1. The minimum absolute atomic E-state index is 0.0619. The van der Waals surface area contributed by atoms with Crippen molar-refractivity contribution in [3.05, 3.63) is 54.0 Å². The van der Waals surface area contributed by atoms with Crippen molar-refractivity contribution in [1.82, 2.24) is 34.9 Å². The van der Waals surface area contributed by atoms with Crippen LogP contribution in [0.25, 0.3) is 16.8 Å². The van der Waals surface area contributed by atoms with Gasteiger partial charge in [0.2, 0.25) is 5.88 Å². The molecule has 2 amide bonds. The molecule has 3 aromatic rings. The van der Waals surface area contributed by atoms with Gasteiger partial charge in [0.15, 0.2) is 0 Å². The molecule has 3 aromatic heterocycles. The first-order valence-corrected chi connectivity index (χ1v) is 13.5. The molecule has 0 unspecified atom stereocenters. The van der Waals surface area contributed by atoms with E-state index >= 15 is 0 Å². The largest absolute Gasteiger partial charge is 0.479 e. The lowest BCUT2D eigenvalue weighted by atomic mass is 9.75. The molecular formula is C28H35N9O3. The number of methoxy groups -OCH3 is 1. The fourth-order valence-corrected chi connectivity index (χ4v) is 5.53. The minimum atomic E-state index is -0.536. The van der Waals surface area contributed by atoms with Gasteiger partial charge in [-0.15, -0.1) is 0 Å². The van der Waals surface area contributed by atoms with E-state index in [-0.39, 0.29) is 23.1 Å². The number of nitrogens with zero attached hydrogens (tertiary/aromatic N) is 6. The van der Waals surface area contributed by atoms with Crippen LogP contribution in [0.15, 0.2) is 37.1 Å². The zero-order valence-electron chi connectivity index (χ0n) is 23.1. The van der Waals surface area contributed by atoms with E-state index in [4.69, 9.17) is 10.5 Å². The highest BCUT2D eigenvalue weighted by Gasteiger charge is 2.44. The summed E-state index contributed by atoms with van der Waals surface area (Å²) < 4.78 is 7.08. The Morgan fingerprint density at radius 3 is 2.65 bits per heavy atom. The van der Waals surface area contributed by atoms with Gasteiger partial charge in [-0.2, -0.15) is 5.10 Å². The molecular weight excluding hydrogens is 510 g/mol. The first-order valence-electron chi connectivity index (χ1n) is 13.5. The van der Waals surface area contributed by atoms with Gasteiger partial charge >= 0.3 is 0 Å². The van der Waals surface area contributed by atoms with E-state index in [1.807, 2.05) is 0 Å². The monoisotopic (exact) mass is 545 g/mol. The smallest absolute Gasteiger partial charge is 0.259 e. The minimum Gasteiger partial charge on any atom is -0.479 e. The highest BCUT2D eigenvalue weighted by atomic mass is 16.5. The molecule has 0 bridgehead atoms. The first kappa shape index (κ1) is 27.3. The molecule has 1 saturated heterocycles. The third-order valence-electron chi connectivity index (χ3n) is 7.89. The lowest BCUT2D eigenvalue weighted by molar-refractivity contribution is -0.111. The molecule has 0 atom stereocenters. The van der Waals surface area contributed by atoms with Crippen LogP contribution in [0.5, 0.6) is 5.88 Å². The average molecular weight is 546 g/mol. The maximum atomic E-state index is 13.3. The number of rotatable bonds is 9. The Kier molecular flexibility index (Phi) is 7.78. The van der Waals surface area contributed by atoms with E-state index in [0.29, 0.717) is 34.7 Å². The van der Waals surface area contributed by atoms with Crippen LogP contribution in [0.4, 0.5) is 5.69 Å². The Morgan fingerprint density at radius 1 is 1.18 bits per heavy atom. The number of hydrogen-bond donors (Lipinski definition) is 3. The van der Waals surface area contributed by atoms with Crippen LogP contribution < -0.4 is 21.1 Å². The number of pyridine rings is 1. The summed E-state index contributed by atoms with van der Waals surface area (Å²) in [5.74, 6) is -0.637. The molecule has 40 heavy (non-hydrogen) atoms. The fourth-order valence-electron chi connectivity index (χ4n) is 5.53. The van der Waals surface area contributed by atoms with Gasteiger partial charge in [0, 0.05) is 49.8 Å². The highest BCUT2D eigenvalue weighted by molar-refractivity contribution is 6.25. The van der Waals surface area contributed by atoms with E-state index in [1.54, 1.807) is 37.1 Å². The van der Waals surface area contributed by atoms with Gasteiger partial charge in [-0.3, -0.25) is 24.2 Å². The van der Waals surface area contributed by atoms with Crippen LogP contribution in [-0.2, 0) is 11.8 Å². The Hall–Kier alpha value is -4.32. The summed E-state index contributed by atoms with van der Waals surface area (Å²) in [5.41, 5.74) is 9.05. The molecule has 0 aromatic carbocycles. The third-order valence-corrected chi connectivity index (χ3v) is 7.89. The van der Waals surface area contributed by atoms with Gasteiger partial charge in [0.25, 0.3) is 11.8 Å². The Bertz CT molecular complexity index is 1440. The molecule has 4 N–H and O–H groups in total. The summed E-state index contributed by atoms with van der Waals surface area (Å²) in [4.78, 5) is 41.9. The second-order valence-corrected chi connectivity index (χ2v) is 10.3. The SMILES string of the molecule is COc1nc(-c2cnn(C)c2)cnc1/C(=C\N)C(=O)Nc1cc(C(=O)NCCN2CCCC23CCC3)cnc1C. The van der Waals surface area contributed by atoms with Crippen molar-refractivity contribution in [2.45, 2.75) is 44.6 Å². The number of carbonyl (C=O) groups excluding carboxylic acids is 2. The number of nitrogens with one attached hydrogen (secondary N) is 2. The molecule has 0 radical (unpaired) electrons. The quantitative estimate of drug-likeness (QED) is 0.344. The molecule has 5 rings (SSSR count). The standard InChI is InChI=1S/C28H35N9O3/c1-18-22(12-19(14-31-18)25(38)30-9-11-37-10-5-8-28(37)6-4-7-28)34-26(39)21(13-29)24-27(40-3)35-23(16-32-24)20-15-33-36(2)17-20/h12-17H,4-11,29H2,1-3H3,(H,30,38)(H,34,39)/b21-13+. The van der Waals surface area contributed by atoms with Crippen molar-refractivity contribution >= 4 is 23.1 Å². The number of anilines is 1. The van der Waals surface area contributed by atoms with E-state index < -0.39 is 5.91 Å². The van der Waals surface area contributed by atoms with Crippen LogP contribution in [0, 0.1) is 6.92 Å². The molecule has 4 heterocycles. The van der Waals surface area contributed by atoms with Gasteiger partial charge in [0.1, 0.15) is 5.69 Å². The summed E-state index contributed by atoms with van der Waals surface area (Å²) in [6, 6.07) is 1.61. The number of ether oxygens (including phenoxy) is 1. The van der Waals surface area contributed by atoms with Crippen LogP contribution in [0.3, 0.4) is 0 Å². The Morgan fingerprint density at radius 2 is 1.98 bits per heavy atom. The highest BCUT2D eigenvalue weighted by Crippen LogP contribution is 2.45. The molecule has 1 saturated carbocycles. The van der Waals surface area contributed by atoms with E-state index in [2.05, 4.69) is 35.6 Å². The zero-order valence-corrected chi connectivity index (χ0v) is 23.1. The molecule has 1 aliphatic heterocycles. The topological polar surface area (TPSA) is 153 Å². The van der Waals surface area contributed by atoms with Crippen molar-refractivity contribution in [2.24, 2.45) is 12.8 Å². The van der Waals surface area contributed by atoms with Crippen molar-refractivity contribution in [1.29, 1.82) is 0 Å². The van der Waals surface area contributed by atoms with Crippen molar-refractivity contribution < 1.29 is 14.3 Å². The summed E-state index contributed by atoms with van der Waals surface area (Å²) in [7, 11) is 3.24. The van der Waals surface area contributed by atoms with Crippen LogP contribution in [0.1, 0.15) is 53.8 Å². The fraction of sp³-hybridized carbons (Fsp3) is 0.429. The lowest BCUT2D eigenvalue weighted by Gasteiger charge is -2.46. The van der Waals surface area contributed by atoms with E-state index in [9.17, 15) is 9.59 Å². The number of aromatic nitrogens is 5. The molecule has 1 aliphatic carbocycles. The zero-order chi connectivity index (χ0) is 28.3. The molecule has 12 nitrogen and oxygen atoms in total. The van der Waals surface area contributed by atoms with Crippen LogP contribution >= 0.6 is 0 Å². The normalized spacial score (nSPS) is 16.5. The average Bonchev–Trinajstić information content (AvgIpc) is 3.57. The van der Waals surface area contributed by atoms with E-state index in [1.165, 1.54) is 51.6 Å². The number of hydrogen-bond acceptors (Lipinski definition) is 9.